The first-order valence-corrected chi connectivity index (χ1v) is 6.51. The third-order valence-electron chi connectivity index (χ3n) is 3.15. The molecule has 0 aliphatic carbocycles. The van der Waals surface area contributed by atoms with Crippen LogP contribution in [-0.4, -0.2) is 20.7 Å². The minimum absolute atomic E-state index is 0.140. The third kappa shape index (κ3) is 2.96. The fourth-order valence-corrected chi connectivity index (χ4v) is 2.15. The van der Waals surface area contributed by atoms with Gasteiger partial charge in [-0.15, -0.1) is 0 Å². The number of hydrogen-bond donors (Lipinski definition) is 2. The Hall–Kier alpha value is -2.37. The molecule has 0 fully saturated rings. The number of amides is 1. The zero-order chi connectivity index (χ0) is 14.7. The summed E-state index contributed by atoms with van der Waals surface area (Å²) in [5.74, 6) is -0.293. The van der Waals surface area contributed by atoms with E-state index in [4.69, 9.17) is 0 Å². The van der Waals surface area contributed by atoms with Crippen LogP contribution in [0.2, 0.25) is 0 Å². The number of hydrogen-bond acceptors (Lipinski definition) is 3. The molecule has 20 heavy (non-hydrogen) atoms. The average molecular weight is 274 g/mol. The summed E-state index contributed by atoms with van der Waals surface area (Å²) in [6, 6.07) is 4.49. The van der Waals surface area contributed by atoms with Gasteiger partial charge in [0.25, 0.3) is 5.91 Å². The van der Waals surface area contributed by atoms with Gasteiger partial charge in [-0.1, -0.05) is 6.92 Å². The van der Waals surface area contributed by atoms with Crippen LogP contribution in [0.3, 0.4) is 0 Å². The molecule has 0 saturated heterocycles. The van der Waals surface area contributed by atoms with Crippen LogP contribution in [0.15, 0.2) is 29.2 Å². The van der Waals surface area contributed by atoms with E-state index in [2.05, 4.69) is 15.4 Å². The number of rotatable bonds is 4. The van der Waals surface area contributed by atoms with Crippen molar-refractivity contribution < 1.29 is 4.79 Å². The maximum atomic E-state index is 12.2. The number of nitrogens with one attached hydrogen (secondary N) is 2. The summed E-state index contributed by atoms with van der Waals surface area (Å²) >= 11 is 0. The highest BCUT2D eigenvalue weighted by atomic mass is 16.2. The number of aryl methyl sites for hydroxylation is 2. The number of carbonyl (C=O) groups is 1. The van der Waals surface area contributed by atoms with Crippen LogP contribution in [0.25, 0.3) is 0 Å². The van der Waals surface area contributed by atoms with Crippen molar-refractivity contribution in [2.45, 2.75) is 26.3 Å². The first-order chi connectivity index (χ1) is 9.51. The van der Waals surface area contributed by atoms with Crippen molar-refractivity contribution in [2.24, 2.45) is 7.05 Å². The highest BCUT2D eigenvalue weighted by Gasteiger charge is 2.17. The molecule has 1 unspecified atom stereocenters. The van der Waals surface area contributed by atoms with E-state index in [1.54, 1.807) is 17.8 Å². The molecule has 106 valence electrons. The van der Waals surface area contributed by atoms with E-state index in [0.29, 0.717) is 5.69 Å². The van der Waals surface area contributed by atoms with Crippen LogP contribution < -0.4 is 10.7 Å². The minimum Gasteiger partial charge on any atom is -0.354 e. The number of aromatic nitrogens is 3. The van der Waals surface area contributed by atoms with Crippen LogP contribution in [0.1, 0.15) is 41.3 Å². The fourth-order valence-electron chi connectivity index (χ4n) is 2.15. The summed E-state index contributed by atoms with van der Waals surface area (Å²) < 4.78 is 1.73. The highest BCUT2D eigenvalue weighted by molar-refractivity contribution is 5.92. The van der Waals surface area contributed by atoms with Gasteiger partial charge in [0.15, 0.2) is 5.43 Å². The highest BCUT2D eigenvalue weighted by Crippen LogP contribution is 2.15. The molecule has 0 bridgehead atoms. The smallest absolute Gasteiger partial charge is 0.268 e. The van der Waals surface area contributed by atoms with Gasteiger partial charge in [0.2, 0.25) is 0 Å². The van der Waals surface area contributed by atoms with E-state index in [9.17, 15) is 9.59 Å². The molecule has 6 heteroatoms. The Morgan fingerprint density at radius 3 is 2.80 bits per heavy atom. The first kappa shape index (κ1) is 14.0. The SMILES string of the molecule is CCC(NC(=O)c1cc(=O)cc(C)[nH]1)c1ccnn1C. The number of carbonyl (C=O) groups excluding carboxylic acids is 1. The van der Waals surface area contributed by atoms with Gasteiger partial charge in [-0.25, -0.2) is 0 Å². The van der Waals surface area contributed by atoms with E-state index < -0.39 is 0 Å². The number of nitrogens with zero attached hydrogens (tertiary/aromatic N) is 2. The molecule has 0 spiro atoms. The predicted octanol–water partition coefficient (Wildman–Crippen LogP) is 1.30. The third-order valence-corrected chi connectivity index (χ3v) is 3.15. The van der Waals surface area contributed by atoms with Crippen LogP contribution >= 0.6 is 0 Å². The van der Waals surface area contributed by atoms with Crippen molar-refractivity contribution in [1.82, 2.24) is 20.1 Å². The van der Waals surface area contributed by atoms with E-state index in [-0.39, 0.29) is 23.1 Å². The van der Waals surface area contributed by atoms with Gasteiger partial charge in [-0.05, 0) is 19.4 Å². The average Bonchev–Trinajstić information content (AvgIpc) is 2.80. The molecule has 2 N–H and O–H groups in total. The van der Waals surface area contributed by atoms with Crippen molar-refractivity contribution in [3.8, 4) is 0 Å². The van der Waals surface area contributed by atoms with Crippen molar-refractivity contribution in [3.05, 3.63) is 51.7 Å². The molecule has 6 nitrogen and oxygen atoms in total. The van der Waals surface area contributed by atoms with Crippen molar-refractivity contribution in [2.75, 3.05) is 0 Å². The lowest BCUT2D eigenvalue weighted by atomic mass is 10.1. The van der Waals surface area contributed by atoms with Crippen molar-refractivity contribution in [1.29, 1.82) is 0 Å². The topological polar surface area (TPSA) is 79.8 Å². The molecule has 2 heterocycles. The summed E-state index contributed by atoms with van der Waals surface area (Å²) in [5.41, 5.74) is 1.68. The van der Waals surface area contributed by atoms with Crippen molar-refractivity contribution in [3.63, 3.8) is 0 Å². The lowest BCUT2D eigenvalue weighted by Crippen LogP contribution is -2.31. The Morgan fingerprint density at radius 1 is 1.50 bits per heavy atom. The summed E-state index contributed by atoms with van der Waals surface area (Å²) in [4.78, 5) is 26.6. The molecule has 1 atom stereocenters. The van der Waals surface area contributed by atoms with E-state index in [0.717, 1.165) is 12.1 Å². The van der Waals surface area contributed by atoms with Gasteiger partial charge >= 0.3 is 0 Å². The van der Waals surface area contributed by atoms with Crippen LogP contribution in [0, 0.1) is 6.92 Å². The Morgan fingerprint density at radius 2 is 2.25 bits per heavy atom. The first-order valence-electron chi connectivity index (χ1n) is 6.51. The summed E-state index contributed by atoms with van der Waals surface area (Å²) in [5, 5.41) is 7.01. The predicted molar refractivity (Wildman–Crippen MR) is 75.5 cm³/mol. The molecule has 0 aliphatic rings. The standard InChI is InChI=1S/C14H18N4O2/c1-4-11(13-5-6-15-18(13)3)17-14(20)12-8-10(19)7-9(2)16-12/h5-8,11H,4H2,1-3H3,(H,16,19)(H,17,20). The van der Waals surface area contributed by atoms with Gasteiger partial charge in [0, 0.05) is 31.1 Å². The molecule has 0 aromatic carbocycles. The quantitative estimate of drug-likeness (QED) is 0.882. The molecule has 2 rings (SSSR count). The fraction of sp³-hybridized carbons (Fsp3) is 0.357. The largest absolute Gasteiger partial charge is 0.354 e. The summed E-state index contributed by atoms with van der Waals surface area (Å²) in [7, 11) is 1.83. The Bertz CT molecular complexity index is 672. The molecule has 0 saturated carbocycles. The molecule has 0 radical (unpaired) electrons. The van der Waals surface area contributed by atoms with Crippen LogP contribution in [0.5, 0.6) is 0 Å². The Balaban J connectivity index is 2.21. The Labute approximate surface area is 116 Å². The van der Waals surface area contributed by atoms with Gasteiger partial charge in [-0.3, -0.25) is 14.3 Å². The molecular weight excluding hydrogens is 256 g/mol. The zero-order valence-corrected chi connectivity index (χ0v) is 11.8. The van der Waals surface area contributed by atoms with Gasteiger partial charge in [0.1, 0.15) is 5.69 Å². The van der Waals surface area contributed by atoms with Crippen molar-refractivity contribution >= 4 is 5.91 Å². The van der Waals surface area contributed by atoms with Gasteiger partial charge in [-0.2, -0.15) is 5.10 Å². The second-order valence-electron chi connectivity index (χ2n) is 4.73. The molecule has 2 aromatic heterocycles. The lowest BCUT2D eigenvalue weighted by molar-refractivity contribution is 0.0928. The minimum atomic E-state index is -0.293. The molecular formula is C14H18N4O2. The normalized spacial score (nSPS) is 12.2. The van der Waals surface area contributed by atoms with Crippen LogP contribution in [-0.2, 0) is 7.05 Å². The molecule has 0 aliphatic heterocycles. The molecule has 2 aromatic rings. The maximum Gasteiger partial charge on any atom is 0.268 e. The summed E-state index contributed by atoms with van der Waals surface area (Å²) in [6.07, 6.45) is 2.43. The Kier molecular flexibility index (Phi) is 4.02. The maximum absolute atomic E-state index is 12.2. The lowest BCUT2D eigenvalue weighted by Gasteiger charge is -2.17. The van der Waals surface area contributed by atoms with E-state index in [1.165, 1.54) is 12.1 Å². The van der Waals surface area contributed by atoms with Gasteiger partial charge in [0.05, 0.1) is 11.7 Å². The van der Waals surface area contributed by atoms with E-state index >= 15 is 0 Å². The van der Waals surface area contributed by atoms with E-state index in [1.807, 2.05) is 20.0 Å². The van der Waals surface area contributed by atoms with Gasteiger partial charge < -0.3 is 10.3 Å². The number of H-pyrrole nitrogens is 1. The monoisotopic (exact) mass is 274 g/mol. The molecule has 1 amide bonds. The number of aromatic amines is 1. The zero-order valence-electron chi connectivity index (χ0n) is 11.8. The summed E-state index contributed by atoms with van der Waals surface area (Å²) in [6.45, 7) is 3.73. The second-order valence-corrected chi connectivity index (χ2v) is 4.73. The second kappa shape index (κ2) is 5.73. The van der Waals surface area contributed by atoms with Crippen LogP contribution in [0.4, 0.5) is 0 Å². The number of pyridine rings is 1.